The molecule has 0 aliphatic carbocycles. The zero-order valence-electron chi connectivity index (χ0n) is 10.3. The van der Waals surface area contributed by atoms with E-state index < -0.39 is 11.6 Å². The predicted octanol–water partition coefficient (Wildman–Crippen LogP) is 0.360. The number of carbonyl (C=O) groups is 2. The van der Waals surface area contributed by atoms with Crippen LogP contribution in [0.25, 0.3) is 0 Å². The highest BCUT2D eigenvalue weighted by atomic mass is 16.4. The average molecular weight is 244 g/mol. The minimum Gasteiger partial charge on any atom is -0.481 e. The first-order valence-electron chi connectivity index (χ1n) is 5.84. The maximum Gasteiger partial charge on any atom is 0.320 e. The van der Waals surface area contributed by atoms with Gasteiger partial charge < -0.3 is 20.0 Å². The Bertz CT molecular complexity index is 304. The van der Waals surface area contributed by atoms with E-state index in [9.17, 15) is 14.7 Å². The molecule has 0 aromatic carbocycles. The van der Waals surface area contributed by atoms with Gasteiger partial charge in [-0.05, 0) is 20.3 Å². The van der Waals surface area contributed by atoms with E-state index in [1.807, 2.05) is 6.92 Å². The first-order chi connectivity index (χ1) is 7.85. The summed E-state index contributed by atoms with van der Waals surface area (Å²) in [5, 5.41) is 18.4. The standard InChI is InChI=1S/C11H20N2O4/c1-3-12(6-4-9(14)15)10(16)13-7-5-11(2,17)8-13/h17H,3-8H2,1-2H3,(H,14,15). The first kappa shape index (κ1) is 13.8. The topological polar surface area (TPSA) is 81.1 Å². The SMILES string of the molecule is CCN(CCC(=O)O)C(=O)N1CCC(C)(O)C1. The molecule has 2 amide bonds. The molecule has 1 atom stereocenters. The van der Waals surface area contributed by atoms with Crippen LogP contribution in [0.4, 0.5) is 4.79 Å². The Morgan fingerprint density at radius 2 is 2.12 bits per heavy atom. The number of hydrogen-bond donors (Lipinski definition) is 2. The summed E-state index contributed by atoms with van der Waals surface area (Å²) in [6.07, 6.45) is 0.513. The zero-order valence-corrected chi connectivity index (χ0v) is 10.3. The zero-order chi connectivity index (χ0) is 13.1. The van der Waals surface area contributed by atoms with Crippen LogP contribution in [0.1, 0.15) is 26.7 Å². The number of carbonyl (C=O) groups excluding carboxylic acids is 1. The molecule has 98 valence electrons. The van der Waals surface area contributed by atoms with Crippen LogP contribution in [0.15, 0.2) is 0 Å². The number of hydrogen-bond acceptors (Lipinski definition) is 3. The number of rotatable bonds is 4. The van der Waals surface area contributed by atoms with Gasteiger partial charge in [-0.3, -0.25) is 4.79 Å². The van der Waals surface area contributed by atoms with E-state index in [2.05, 4.69) is 0 Å². The van der Waals surface area contributed by atoms with Gasteiger partial charge in [-0.15, -0.1) is 0 Å². The van der Waals surface area contributed by atoms with Gasteiger partial charge in [-0.1, -0.05) is 0 Å². The van der Waals surface area contributed by atoms with Crippen molar-refractivity contribution in [3.8, 4) is 0 Å². The van der Waals surface area contributed by atoms with Crippen molar-refractivity contribution in [3.63, 3.8) is 0 Å². The van der Waals surface area contributed by atoms with Gasteiger partial charge in [0.25, 0.3) is 0 Å². The maximum atomic E-state index is 12.0. The van der Waals surface area contributed by atoms with Gasteiger partial charge in [-0.25, -0.2) is 4.79 Å². The minimum atomic E-state index is -0.912. The quantitative estimate of drug-likeness (QED) is 0.748. The molecule has 0 bridgehead atoms. The molecule has 1 fully saturated rings. The van der Waals surface area contributed by atoms with Crippen molar-refractivity contribution in [2.75, 3.05) is 26.2 Å². The Morgan fingerprint density at radius 3 is 2.53 bits per heavy atom. The Balaban J connectivity index is 2.52. The monoisotopic (exact) mass is 244 g/mol. The molecule has 0 aromatic rings. The number of β-amino-alcohol motifs (C(OH)–C–C–N with tert-alkyl or cyclic N) is 1. The number of carboxylic acid groups (broad SMARTS) is 1. The predicted molar refractivity (Wildman–Crippen MR) is 61.7 cm³/mol. The van der Waals surface area contributed by atoms with E-state index in [0.717, 1.165) is 0 Å². The lowest BCUT2D eigenvalue weighted by Crippen LogP contribution is -2.44. The van der Waals surface area contributed by atoms with Crippen molar-refractivity contribution in [2.24, 2.45) is 0 Å². The number of carboxylic acids is 1. The molecule has 0 radical (unpaired) electrons. The molecule has 1 saturated heterocycles. The van der Waals surface area contributed by atoms with E-state index in [0.29, 0.717) is 26.1 Å². The van der Waals surface area contributed by atoms with Crippen LogP contribution in [0, 0.1) is 0 Å². The first-order valence-corrected chi connectivity index (χ1v) is 5.84. The summed E-state index contributed by atoms with van der Waals surface area (Å²) in [7, 11) is 0. The summed E-state index contributed by atoms with van der Waals surface area (Å²) in [6, 6.07) is -0.188. The Morgan fingerprint density at radius 1 is 1.47 bits per heavy atom. The summed E-state index contributed by atoms with van der Waals surface area (Å²) in [5.41, 5.74) is -0.818. The average Bonchev–Trinajstić information content (AvgIpc) is 2.59. The van der Waals surface area contributed by atoms with E-state index >= 15 is 0 Å². The van der Waals surface area contributed by atoms with Crippen molar-refractivity contribution in [1.82, 2.24) is 9.80 Å². The summed E-state index contributed by atoms with van der Waals surface area (Å²) in [6.45, 7) is 5.04. The summed E-state index contributed by atoms with van der Waals surface area (Å²) in [4.78, 5) is 25.6. The van der Waals surface area contributed by atoms with Crippen molar-refractivity contribution in [2.45, 2.75) is 32.3 Å². The number of amides is 2. The molecule has 1 aliphatic rings. The molecule has 6 heteroatoms. The van der Waals surface area contributed by atoms with E-state index in [-0.39, 0.29) is 19.0 Å². The van der Waals surface area contributed by atoms with Crippen molar-refractivity contribution < 1.29 is 19.8 Å². The van der Waals surface area contributed by atoms with Crippen LogP contribution in [-0.4, -0.2) is 63.8 Å². The fourth-order valence-corrected chi connectivity index (χ4v) is 1.93. The molecule has 1 unspecified atom stereocenters. The van der Waals surface area contributed by atoms with Crippen molar-refractivity contribution in [1.29, 1.82) is 0 Å². The fourth-order valence-electron chi connectivity index (χ4n) is 1.93. The van der Waals surface area contributed by atoms with Crippen LogP contribution in [0.2, 0.25) is 0 Å². The molecule has 1 rings (SSSR count). The Labute approximate surface area is 101 Å². The van der Waals surface area contributed by atoms with E-state index in [1.165, 1.54) is 4.90 Å². The molecule has 0 saturated carbocycles. The van der Waals surface area contributed by atoms with Gasteiger partial charge >= 0.3 is 12.0 Å². The summed E-state index contributed by atoms with van der Waals surface area (Å²) < 4.78 is 0. The van der Waals surface area contributed by atoms with Crippen molar-refractivity contribution in [3.05, 3.63) is 0 Å². The van der Waals surface area contributed by atoms with Gasteiger partial charge in [0, 0.05) is 19.6 Å². The molecule has 0 aromatic heterocycles. The lowest BCUT2D eigenvalue weighted by atomic mass is 10.1. The van der Waals surface area contributed by atoms with Crippen LogP contribution in [0.3, 0.4) is 0 Å². The van der Waals surface area contributed by atoms with Crippen LogP contribution in [-0.2, 0) is 4.79 Å². The minimum absolute atomic E-state index is 0.0518. The highest BCUT2D eigenvalue weighted by molar-refractivity contribution is 5.76. The summed E-state index contributed by atoms with van der Waals surface area (Å²) >= 11 is 0. The number of aliphatic carboxylic acids is 1. The van der Waals surface area contributed by atoms with Crippen LogP contribution < -0.4 is 0 Å². The number of urea groups is 1. The number of aliphatic hydroxyl groups is 1. The fraction of sp³-hybridized carbons (Fsp3) is 0.818. The maximum absolute atomic E-state index is 12.0. The normalized spacial score (nSPS) is 23.8. The van der Waals surface area contributed by atoms with Gasteiger partial charge in [0.15, 0.2) is 0 Å². The van der Waals surface area contributed by atoms with Gasteiger partial charge in [0.2, 0.25) is 0 Å². The number of likely N-dealkylation sites (tertiary alicyclic amines) is 1. The Kier molecular flexibility index (Phi) is 4.34. The lowest BCUT2D eigenvalue weighted by Gasteiger charge is -2.27. The molecule has 6 nitrogen and oxygen atoms in total. The third-order valence-electron chi connectivity index (χ3n) is 2.97. The third-order valence-corrected chi connectivity index (χ3v) is 2.97. The number of nitrogens with zero attached hydrogens (tertiary/aromatic N) is 2. The van der Waals surface area contributed by atoms with E-state index in [4.69, 9.17) is 5.11 Å². The molecular weight excluding hydrogens is 224 g/mol. The summed E-state index contributed by atoms with van der Waals surface area (Å²) in [5.74, 6) is -0.912. The van der Waals surface area contributed by atoms with Gasteiger partial charge in [0.1, 0.15) is 0 Å². The Hall–Kier alpha value is -1.30. The largest absolute Gasteiger partial charge is 0.481 e. The third kappa shape index (κ3) is 3.89. The highest BCUT2D eigenvalue weighted by Crippen LogP contribution is 2.21. The molecule has 1 aliphatic heterocycles. The molecule has 1 heterocycles. The van der Waals surface area contributed by atoms with Gasteiger partial charge in [0.05, 0.1) is 18.6 Å². The van der Waals surface area contributed by atoms with Crippen LogP contribution in [0.5, 0.6) is 0 Å². The van der Waals surface area contributed by atoms with Gasteiger partial charge in [-0.2, -0.15) is 0 Å². The highest BCUT2D eigenvalue weighted by Gasteiger charge is 2.35. The smallest absolute Gasteiger partial charge is 0.320 e. The second-order valence-corrected chi connectivity index (χ2v) is 4.67. The molecule has 0 spiro atoms. The van der Waals surface area contributed by atoms with E-state index in [1.54, 1.807) is 11.8 Å². The molecular formula is C11H20N2O4. The molecule has 2 N–H and O–H groups in total. The second kappa shape index (κ2) is 5.35. The lowest BCUT2D eigenvalue weighted by molar-refractivity contribution is -0.137. The van der Waals surface area contributed by atoms with Crippen molar-refractivity contribution >= 4 is 12.0 Å². The second-order valence-electron chi connectivity index (χ2n) is 4.67. The molecule has 17 heavy (non-hydrogen) atoms. The van der Waals surface area contributed by atoms with Crippen LogP contribution >= 0.6 is 0 Å².